The van der Waals surface area contributed by atoms with E-state index in [-0.39, 0.29) is 5.54 Å². The third-order valence-electron chi connectivity index (χ3n) is 4.39. The maximum Gasteiger partial charge on any atom is 0.135 e. The Balaban J connectivity index is 2.01. The van der Waals surface area contributed by atoms with E-state index in [1.807, 2.05) is 18.2 Å². The highest BCUT2D eigenvalue weighted by Gasteiger charge is 2.48. The largest absolute Gasteiger partial charge is 0.279 e. The molecule has 0 aliphatic carbocycles. The number of benzene rings is 1. The highest BCUT2D eigenvalue weighted by atomic mass is 15.3. The van der Waals surface area contributed by atoms with E-state index in [1.54, 1.807) is 0 Å². The molecule has 2 heteroatoms. The number of fused-ring (bicyclic) bond motifs is 1. The van der Waals surface area contributed by atoms with E-state index in [0.717, 1.165) is 13.0 Å². The Morgan fingerprint density at radius 2 is 2.00 bits per heavy atom. The Labute approximate surface area is 103 Å². The van der Waals surface area contributed by atoms with E-state index in [2.05, 4.69) is 23.1 Å². The lowest BCUT2D eigenvalue weighted by molar-refractivity contribution is 0.108. The van der Waals surface area contributed by atoms with Crippen molar-refractivity contribution in [3.63, 3.8) is 0 Å². The number of nitrogens with zero attached hydrogens (tertiary/aromatic N) is 2. The monoisotopic (exact) mass is 226 g/mol. The molecule has 2 heterocycles. The van der Waals surface area contributed by atoms with E-state index < -0.39 is 0 Å². The average molecular weight is 226 g/mol. The first-order chi connectivity index (χ1) is 8.37. The van der Waals surface area contributed by atoms with Gasteiger partial charge in [-0.3, -0.25) is 4.90 Å². The molecule has 17 heavy (non-hydrogen) atoms. The van der Waals surface area contributed by atoms with Crippen LogP contribution in [0.3, 0.4) is 0 Å². The van der Waals surface area contributed by atoms with Crippen LogP contribution in [0.1, 0.15) is 37.7 Å². The Morgan fingerprint density at radius 1 is 1.18 bits per heavy atom. The summed E-state index contributed by atoms with van der Waals surface area (Å²) in [5.41, 5.74) is 0.846. The molecule has 2 fully saturated rings. The maximum atomic E-state index is 9.72. The number of piperidine rings is 1. The molecule has 0 radical (unpaired) electrons. The minimum atomic E-state index is -0.341. The van der Waals surface area contributed by atoms with Gasteiger partial charge < -0.3 is 0 Å². The van der Waals surface area contributed by atoms with Crippen LogP contribution in [0.15, 0.2) is 30.3 Å². The van der Waals surface area contributed by atoms with Gasteiger partial charge in [0.2, 0.25) is 0 Å². The van der Waals surface area contributed by atoms with Gasteiger partial charge in [-0.25, -0.2) is 0 Å². The van der Waals surface area contributed by atoms with Gasteiger partial charge in [0, 0.05) is 12.6 Å². The minimum Gasteiger partial charge on any atom is -0.279 e. The predicted molar refractivity (Wildman–Crippen MR) is 67.3 cm³/mol. The van der Waals surface area contributed by atoms with E-state index in [0.29, 0.717) is 6.04 Å². The van der Waals surface area contributed by atoms with Crippen molar-refractivity contribution in [2.75, 3.05) is 6.54 Å². The molecule has 0 N–H and O–H groups in total. The van der Waals surface area contributed by atoms with Crippen molar-refractivity contribution >= 4 is 0 Å². The van der Waals surface area contributed by atoms with Crippen molar-refractivity contribution in [3.05, 3.63) is 35.9 Å². The molecule has 2 atom stereocenters. The zero-order chi connectivity index (χ0) is 11.7. The van der Waals surface area contributed by atoms with Crippen LogP contribution < -0.4 is 0 Å². The summed E-state index contributed by atoms with van der Waals surface area (Å²) >= 11 is 0. The van der Waals surface area contributed by atoms with Gasteiger partial charge in [0.25, 0.3) is 0 Å². The second-order valence-corrected chi connectivity index (χ2v) is 5.22. The zero-order valence-corrected chi connectivity index (χ0v) is 10.1. The zero-order valence-electron chi connectivity index (χ0n) is 10.1. The van der Waals surface area contributed by atoms with Crippen LogP contribution in [-0.4, -0.2) is 17.5 Å². The highest BCUT2D eigenvalue weighted by molar-refractivity contribution is 5.33. The minimum absolute atomic E-state index is 0.341. The smallest absolute Gasteiger partial charge is 0.135 e. The van der Waals surface area contributed by atoms with Crippen LogP contribution in [0.4, 0.5) is 0 Å². The Morgan fingerprint density at radius 3 is 2.76 bits per heavy atom. The van der Waals surface area contributed by atoms with Crippen molar-refractivity contribution in [1.29, 1.82) is 5.26 Å². The van der Waals surface area contributed by atoms with Crippen LogP contribution >= 0.6 is 0 Å². The maximum absolute atomic E-state index is 9.72. The van der Waals surface area contributed by atoms with Crippen LogP contribution in [0, 0.1) is 11.3 Å². The van der Waals surface area contributed by atoms with Gasteiger partial charge in [-0.15, -0.1) is 0 Å². The van der Waals surface area contributed by atoms with E-state index in [4.69, 9.17) is 0 Å². The number of hydrogen-bond acceptors (Lipinski definition) is 2. The normalized spacial score (nSPS) is 33.0. The molecule has 2 nitrogen and oxygen atoms in total. The number of nitriles is 1. The summed E-state index contributed by atoms with van der Waals surface area (Å²) in [6.07, 6.45) is 6.03. The van der Waals surface area contributed by atoms with Crippen molar-refractivity contribution in [2.45, 2.75) is 43.7 Å². The van der Waals surface area contributed by atoms with Gasteiger partial charge in [-0.1, -0.05) is 36.8 Å². The molecule has 1 aromatic carbocycles. The Hall–Kier alpha value is -1.33. The van der Waals surface area contributed by atoms with Gasteiger partial charge in [-0.2, -0.15) is 5.26 Å². The first-order valence-corrected chi connectivity index (χ1v) is 6.60. The van der Waals surface area contributed by atoms with Crippen molar-refractivity contribution in [1.82, 2.24) is 4.90 Å². The third-order valence-corrected chi connectivity index (χ3v) is 4.39. The number of rotatable bonds is 1. The first kappa shape index (κ1) is 10.8. The lowest BCUT2D eigenvalue weighted by Crippen LogP contribution is -2.46. The van der Waals surface area contributed by atoms with Crippen LogP contribution in [-0.2, 0) is 5.54 Å². The standard InChI is InChI=1S/C15H18N2/c16-12-15(13-6-2-1-3-7-13)10-9-14-8-4-5-11-17(14)15/h1-3,6-7,14H,4-5,8-11H2. The van der Waals surface area contributed by atoms with Crippen LogP contribution in [0.2, 0.25) is 0 Å². The lowest BCUT2D eigenvalue weighted by Gasteiger charge is -2.39. The summed E-state index contributed by atoms with van der Waals surface area (Å²) in [5.74, 6) is 0. The summed E-state index contributed by atoms with van der Waals surface area (Å²) in [5, 5.41) is 9.72. The summed E-state index contributed by atoms with van der Waals surface area (Å²) in [4.78, 5) is 2.46. The van der Waals surface area contributed by atoms with Crippen molar-refractivity contribution in [3.8, 4) is 6.07 Å². The molecule has 2 aliphatic rings. The molecule has 2 saturated heterocycles. The molecule has 2 unspecified atom stereocenters. The molecule has 3 rings (SSSR count). The van der Waals surface area contributed by atoms with Gasteiger partial charge in [0.15, 0.2) is 0 Å². The number of hydrogen-bond donors (Lipinski definition) is 0. The summed E-state index contributed by atoms with van der Waals surface area (Å²) in [6, 6.07) is 13.6. The van der Waals surface area contributed by atoms with Crippen LogP contribution in [0.5, 0.6) is 0 Å². The fourth-order valence-electron chi connectivity index (χ4n) is 3.53. The molecule has 2 aliphatic heterocycles. The Kier molecular flexibility index (Phi) is 2.64. The summed E-state index contributed by atoms with van der Waals surface area (Å²) < 4.78 is 0. The molecule has 0 aromatic heterocycles. The molecule has 0 spiro atoms. The second kappa shape index (κ2) is 4.16. The first-order valence-electron chi connectivity index (χ1n) is 6.60. The van der Waals surface area contributed by atoms with Gasteiger partial charge >= 0.3 is 0 Å². The van der Waals surface area contributed by atoms with E-state index in [1.165, 1.54) is 31.2 Å². The molecule has 88 valence electrons. The molecule has 0 amide bonds. The highest BCUT2D eigenvalue weighted by Crippen LogP contribution is 2.44. The summed E-state index contributed by atoms with van der Waals surface area (Å²) in [6.45, 7) is 1.09. The molecular formula is C15H18N2. The molecule has 0 bridgehead atoms. The topological polar surface area (TPSA) is 27.0 Å². The van der Waals surface area contributed by atoms with Crippen molar-refractivity contribution < 1.29 is 0 Å². The van der Waals surface area contributed by atoms with E-state index in [9.17, 15) is 5.26 Å². The van der Waals surface area contributed by atoms with Crippen molar-refractivity contribution in [2.24, 2.45) is 0 Å². The average Bonchev–Trinajstić information content (AvgIpc) is 2.80. The molecule has 1 aromatic rings. The van der Waals surface area contributed by atoms with E-state index >= 15 is 0 Å². The van der Waals surface area contributed by atoms with Gasteiger partial charge in [0.05, 0.1) is 6.07 Å². The third kappa shape index (κ3) is 1.57. The Bertz CT molecular complexity index is 434. The van der Waals surface area contributed by atoms with Crippen LogP contribution in [0.25, 0.3) is 0 Å². The SMILES string of the molecule is N#CC1(c2ccccc2)CCC2CCCCN21. The fraction of sp³-hybridized carbons (Fsp3) is 0.533. The molecule has 0 saturated carbocycles. The lowest BCUT2D eigenvalue weighted by atomic mass is 9.88. The second-order valence-electron chi connectivity index (χ2n) is 5.22. The fourth-order valence-corrected chi connectivity index (χ4v) is 3.53. The predicted octanol–water partition coefficient (Wildman–Crippen LogP) is 3.05. The summed E-state index contributed by atoms with van der Waals surface area (Å²) in [7, 11) is 0. The molecular weight excluding hydrogens is 208 g/mol. The van der Waals surface area contributed by atoms with Gasteiger partial charge in [0.1, 0.15) is 5.54 Å². The quantitative estimate of drug-likeness (QED) is 0.736. The van der Waals surface area contributed by atoms with Gasteiger partial charge in [-0.05, 0) is 31.2 Å².